The minimum atomic E-state index is 0.00945. The molecule has 0 fully saturated rings. The first-order valence-electron chi connectivity index (χ1n) is 8.75. The van der Waals surface area contributed by atoms with Crippen LogP contribution in [0, 0.1) is 6.92 Å². The summed E-state index contributed by atoms with van der Waals surface area (Å²) in [6.45, 7) is 5.87. The predicted octanol–water partition coefficient (Wildman–Crippen LogP) is 3.62. The van der Waals surface area contributed by atoms with Crippen LogP contribution in [0.2, 0.25) is 0 Å². The number of imidazole rings is 1. The largest absolute Gasteiger partial charge is 0.325 e. The Morgan fingerprint density at radius 3 is 2.96 bits per heavy atom. The Labute approximate surface area is 158 Å². The smallest absolute Gasteiger partial charge is 0.234 e. The number of thioether (sulfide) groups is 1. The average Bonchev–Trinajstić information content (AvgIpc) is 3.02. The second-order valence-electron chi connectivity index (χ2n) is 6.23. The fourth-order valence-corrected chi connectivity index (χ4v) is 3.41. The third kappa shape index (κ3) is 5.09. The van der Waals surface area contributed by atoms with Gasteiger partial charge in [-0.05, 0) is 42.8 Å². The van der Waals surface area contributed by atoms with Crippen molar-refractivity contribution in [2.75, 3.05) is 17.6 Å². The Morgan fingerprint density at radius 1 is 1.23 bits per heavy atom. The predicted molar refractivity (Wildman–Crippen MR) is 109 cm³/mol. The van der Waals surface area contributed by atoms with Gasteiger partial charge in [-0.15, -0.1) is 11.8 Å². The van der Waals surface area contributed by atoms with Gasteiger partial charge in [0.05, 0.1) is 11.4 Å². The third-order valence-corrected chi connectivity index (χ3v) is 4.89. The molecule has 1 aromatic carbocycles. The number of amides is 1. The van der Waals surface area contributed by atoms with Gasteiger partial charge in [0, 0.05) is 30.4 Å². The van der Waals surface area contributed by atoms with Crippen LogP contribution in [0.15, 0.2) is 48.8 Å². The molecule has 0 saturated heterocycles. The van der Waals surface area contributed by atoms with Gasteiger partial charge in [0.1, 0.15) is 5.65 Å². The lowest BCUT2D eigenvalue weighted by Gasteiger charge is -2.07. The lowest BCUT2D eigenvalue weighted by Crippen LogP contribution is -2.15. The number of hydrogen-bond acceptors (Lipinski definition) is 4. The zero-order valence-electron chi connectivity index (χ0n) is 15.2. The molecule has 0 aliphatic heterocycles. The van der Waals surface area contributed by atoms with E-state index in [1.165, 1.54) is 5.56 Å². The summed E-state index contributed by atoms with van der Waals surface area (Å²) in [4.78, 5) is 16.7. The van der Waals surface area contributed by atoms with Gasteiger partial charge in [-0.3, -0.25) is 4.79 Å². The summed E-state index contributed by atoms with van der Waals surface area (Å²) in [5.41, 5.74) is 5.13. The van der Waals surface area contributed by atoms with E-state index in [1.807, 2.05) is 34.9 Å². The highest BCUT2D eigenvalue weighted by Gasteiger charge is 2.06. The number of pyridine rings is 1. The number of carbonyl (C=O) groups is 1. The Hall–Kier alpha value is -2.31. The number of carbonyl (C=O) groups excluding carboxylic acids is 1. The van der Waals surface area contributed by atoms with Crippen LogP contribution in [-0.2, 0) is 17.1 Å². The monoisotopic (exact) mass is 368 g/mol. The van der Waals surface area contributed by atoms with Crippen molar-refractivity contribution in [2.45, 2.75) is 26.1 Å². The number of anilines is 1. The maximum absolute atomic E-state index is 12.2. The molecule has 0 aliphatic rings. The highest BCUT2D eigenvalue weighted by Crippen LogP contribution is 2.15. The standard InChI is InChI=1S/C20H24N4OS/c1-3-21-10-16-5-4-6-17(9-16)23-20(25)14-26-13-18-12-24-11-15(2)7-8-19(24)22-18/h4-9,11-12,21H,3,10,13-14H2,1-2H3,(H,23,25). The summed E-state index contributed by atoms with van der Waals surface area (Å²) in [5, 5.41) is 6.25. The quantitative estimate of drug-likeness (QED) is 0.637. The van der Waals surface area contributed by atoms with Crippen LogP contribution >= 0.6 is 11.8 Å². The normalized spacial score (nSPS) is 11.0. The number of nitrogens with one attached hydrogen (secondary N) is 2. The summed E-state index contributed by atoms with van der Waals surface area (Å²) in [7, 11) is 0. The molecule has 0 saturated carbocycles. The van der Waals surface area contributed by atoms with Crippen molar-refractivity contribution < 1.29 is 4.79 Å². The van der Waals surface area contributed by atoms with Crippen molar-refractivity contribution >= 4 is 29.0 Å². The fraction of sp³-hybridized carbons (Fsp3) is 0.300. The highest BCUT2D eigenvalue weighted by molar-refractivity contribution is 7.99. The summed E-state index contributed by atoms with van der Waals surface area (Å²) in [5.74, 6) is 1.13. The summed E-state index contributed by atoms with van der Waals surface area (Å²) in [6.07, 6.45) is 4.08. The molecule has 0 unspecified atom stereocenters. The molecule has 0 aliphatic carbocycles. The van der Waals surface area contributed by atoms with Crippen LogP contribution in [0.4, 0.5) is 5.69 Å². The molecular weight excluding hydrogens is 344 g/mol. The molecule has 0 spiro atoms. The van der Waals surface area contributed by atoms with Gasteiger partial charge in [0.25, 0.3) is 0 Å². The lowest BCUT2D eigenvalue weighted by molar-refractivity contribution is -0.113. The van der Waals surface area contributed by atoms with E-state index in [9.17, 15) is 4.79 Å². The van der Waals surface area contributed by atoms with Crippen molar-refractivity contribution in [3.05, 3.63) is 65.6 Å². The molecule has 0 radical (unpaired) electrons. The second kappa shape index (κ2) is 8.87. The van der Waals surface area contributed by atoms with E-state index < -0.39 is 0 Å². The first-order valence-corrected chi connectivity index (χ1v) is 9.91. The van der Waals surface area contributed by atoms with Crippen LogP contribution in [0.3, 0.4) is 0 Å². The molecule has 1 amide bonds. The zero-order valence-corrected chi connectivity index (χ0v) is 16.0. The van der Waals surface area contributed by atoms with Gasteiger partial charge < -0.3 is 15.0 Å². The maximum Gasteiger partial charge on any atom is 0.234 e. The Morgan fingerprint density at radius 2 is 2.12 bits per heavy atom. The summed E-state index contributed by atoms with van der Waals surface area (Å²) < 4.78 is 2.03. The van der Waals surface area contributed by atoms with E-state index in [0.29, 0.717) is 11.5 Å². The number of fused-ring (bicyclic) bond motifs is 1. The van der Waals surface area contributed by atoms with Gasteiger partial charge in [-0.2, -0.15) is 0 Å². The van der Waals surface area contributed by atoms with E-state index in [4.69, 9.17) is 0 Å². The molecule has 136 valence electrons. The van der Waals surface area contributed by atoms with Gasteiger partial charge in [-0.25, -0.2) is 4.98 Å². The van der Waals surface area contributed by atoms with Gasteiger partial charge in [0.2, 0.25) is 5.91 Å². The van der Waals surface area contributed by atoms with E-state index in [2.05, 4.69) is 47.8 Å². The first-order chi connectivity index (χ1) is 12.6. The maximum atomic E-state index is 12.2. The van der Waals surface area contributed by atoms with E-state index in [1.54, 1.807) is 11.8 Å². The number of nitrogens with zero attached hydrogens (tertiary/aromatic N) is 2. The number of aryl methyl sites for hydroxylation is 1. The molecule has 5 nitrogen and oxygen atoms in total. The molecule has 0 atom stereocenters. The Bertz CT molecular complexity index is 890. The molecular formula is C20H24N4OS. The molecule has 2 aromatic heterocycles. The van der Waals surface area contributed by atoms with Crippen LogP contribution in [0.25, 0.3) is 5.65 Å². The van der Waals surface area contributed by atoms with Crippen LogP contribution in [0.5, 0.6) is 0 Å². The topological polar surface area (TPSA) is 58.4 Å². The first kappa shape index (κ1) is 18.5. The second-order valence-corrected chi connectivity index (χ2v) is 7.21. The van der Waals surface area contributed by atoms with Crippen LogP contribution in [-0.4, -0.2) is 27.6 Å². The fourth-order valence-electron chi connectivity index (χ4n) is 2.70. The summed E-state index contributed by atoms with van der Waals surface area (Å²) >= 11 is 1.57. The number of hydrogen-bond donors (Lipinski definition) is 2. The van der Waals surface area contributed by atoms with E-state index >= 15 is 0 Å². The molecule has 2 N–H and O–H groups in total. The zero-order chi connectivity index (χ0) is 18.4. The average molecular weight is 369 g/mol. The highest BCUT2D eigenvalue weighted by atomic mass is 32.2. The summed E-state index contributed by atoms with van der Waals surface area (Å²) in [6, 6.07) is 12.0. The van der Waals surface area contributed by atoms with Crippen molar-refractivity contribution in [1.82, 2.24) is 14.7 Å². The van der Waals surface area contributed by atoms with Crippen LogP contribution < -0.4 is 10.6 Å². The van der Waals surface area contributed by atoms with Gasteiger partial charge >= 0.3 is 0 Å². The molecule has 3 rings (SSSR count). The van der Waals surface area contributed by atoms with Gasteiger partial charge in [-0.1, -0.05) is 25.1 Å². The van der Waals surface area contributed by atoms with Crippen molar-refractivity contribution in [1.29, 1.82) is 0 Å². The van der Waals surface area contributed by atoms with E-state index in [-0.39, 0.29) is 5.91 Å². The number of aromatic nitrogens is 2. The lowest BCUT2D eigenvalue weighted by atomic mass is 10.2. The number of benzene rings is 1. The van der Waals surface area contributed by atoms with Gasteiger partial charge in [0.15, 0.2) is 0 Å². The Balaban J connectivity index is 1.49. The minimum absolute atomic E-state index is 0.00945. The number of rotatable bonds is 8. The molecule has 26 heavy (non-hydrogen) atoms. The molecule has 2 heterocycles. The Kier molecular flexibility index (Phi) is 6.30. The third-order valence-electron chi connectivity index (χ3n) is 3.92. The molecule has 3 aromatic rings. The van der Waals surface area contributed by atoms with Crippen molar-refractivity contribution in [2.24, 2.45) is 0 Å². The van der Waals surface area contributed by atoms with Crippen molar-refractivity contribution in [3.63, 3.8) is 0 Å². The van der Waals surface area contributed by atoms with Crippen molar-refractivity contribution in [3.8, 4) is 0 Å². The SMILES string of the molecule is CCNCc1cccc(NC(=O)CSCc2cn3cc(C)ccc3n2)c1. The minimum Gasteiger partial charge on any atom is -0.325 e. The molecule has 6 heteroatoms. The van der Waals surface area contributed by atoms with E-state index in [0.717, 1.165) is 35.7 Å². The molecule has 0 bridgehead atoms. The van der Waals surface area contributed by atoms with Crippen LogP contribution in [0.1, 0.15) is 23.7 Å².